The Balaban J connectivity index is 1.82. The van der Waals surface area contributed by atoms with Crippen LogP contribution in [0.3, 0.4) is 0 Å². The highest BCUT2D eigenvalue weighted by Crippen LogP contribution is 2.46. The minimum atomic E-state index is 0.961. The average Bonchev–Trinajstić information content (AvgIpc) is 2.97. The molecule has 4 rings (SSSR count). The van der Waals surface area contributed by atoms with Gasteiger partial charge in [0.15, 0.2) is 0 Å². The van der Waals surface area contributed by atoms with Crippen LogP contribution in [0.4, 0.5) is 5.69 Å². The van der Waals surface area contributed by atoms with E-state index in [-0.39, 0.29) is 0 Å². The third-order valence-electron chi connectivity index (χ3n) is 5.01. The van der Waals surface area contributed by atoms with E-state index < -0.39 is 0 Å². The Bertz CT molecular complexity index is 1020. The lowest BCUT2D eigenvalue weighted by Gasteiger charge is -2.18. The third-order valence-corrected chi connectivity index (χ3v) is 6.12. The summed E-state index contributed by atoms with van der Waals surface area (Å²) in [7, 11) is 0. The fourth-order valence-corrected chi connectivity index (χ4v) is 4.86. The molecule has 0 radical (unpaired) electrons. The molecular weight excluding hydrogens is 336 g/mol. The molecule has 132 valence electrons. The zero-order valence-electron chi connectivity index (χ0n) is 15.9. The molecule has 0 unspecified atom stereocenters. The molecule has 1 aromatic heterocycles. The van der Waals surface area contributed by atoms with E-state index in [9.17, 15) is 0 Å². The number of hydrogen-bond donors (Lipinski definition) is 0. The Morgan fingerprint density at radius 1 is 0.962 bits per heavy atom. The van der Waals surface area contributed by atoms with Gasteiger partial charge < -0.3 is 4.90 Å². The molecule has 0 aliphatic carbocycles. The van der Waals surface area contributed by atoms with Crippen LogP contribution in [-0.4, -0.2) is 6.54 Å². The molecule has 0 N–H and O–H groups in total. The molecule has 0 amide bonds. The zero-order chi connectivity index (χ0) is 18.3. The maximum Gasteiger partial charge on any atom is 0.212 e. The van der Waals surface area contributed by atoms with Gasteiger partial charge in [-0.05, 0) is 57.5 Å². The first-order valence-corrected chi connectivity index (χ1v) is 10.1. The smallest absolute Gasteiger partial charge is 0.212 e. The lowest BCUT2D eigenvalue weighted by atomic mass is 10.1. The van der Waals surface area contributed by atoms with Gasteiger partial charge >= 0.3 is 0 Å². The van der Waals surface area contributed by atoms with E-state index in [2.05, 4.69) is 91.8 Å². The van der Waals surface area contributed by atoms with E-state index in [0.717, 1.165) is 13.1 Å². The molecule has 0 saturated heterocycles. The molecule has 3 heteroatoms. The second-order valence-corrected chi connectivity index (χ2v) is 7.93. The van der Waals surface area contributed by atoms with Crippen molar-refractivity contribution in [2.45, 2.75) is 39.1 Å². The summed E-state index contributed by atoms with van der Waals surface area (Å²) in [5, 5.41) is 2.61. The molecule has 0 spiro atoms. The first-order chi connectivity index (χ1) is 12.6. The Hall–Kier alpha value is -2.26. The van der Waals surface area contributed by atoms with Crippen molar-refractivity contribution in [1.29, 1.82) is 0 Å². The monoisotopic (exact) mass is 361 g/mol. The Morgan fingerprint density at radius 2 is 1.73 bits per heavy atom. The molecule has 0 fully saturated rings. The number of rotatable bonds is 3. The molecule has 0 atom stereocenters. The van der Waals surface area contributed by atoms with Crippen LogP contribution >= 0.6 is 11.8 Å². The van der Waals surface area contributed by atoms with E-state index in [1.807, 2.05) is 11.8 Å². The molecule has 2 heterocycles. The number of benzene rings is 2. The fourth-order valence-electron chi connectivity index (χ4n) is 3.71. The van der Waals surface area contributed by atoms with Crippen molar-refractivity contribution in [2.24, 2.45) is 0 Å². The van der Waals surface area contributed by atoms with Gasteiger partial charge in [-0.25, -0.2) is 0 Å². The van der Waals surface area contributed by atoms with E-state index in [0.29, 0.717) is 0 Å². The van der Waals surface area contributed by atoms with Gasteiger partial charge in [0.1, 0.15) is 6.54 Å². The Morgan fingerprint density at radius 3 is 2.50 bits per heavy atom. The minimum Gasteiger partial charge on any atom is -0.335 e. The number of anilines is 1. The van der Waals surface area contributed by atoms with Gasteiger partial charge in [-0.2, -0.15) is 4.57 Å². The number of aromatic nitrogens is 1. The SMILES string of the molecule is CCN1/C(=C/c2ccc3cc(C)ccc3[n+]2CC)Sc2ccc(C)cc21. The lowest BCUT2D eigenvalue weighted by molar-refractivity contribution is -0.669. The number of hydrogen-bond acceptors (Lipinski definition) is 2. The van der Waals surface area contributed by atoms with E-state index in [1.54, 1.807) is 0 Å². The first kappa shape index (κ1) is 17.2. The van der Waals surface area contributed by atoms with E-state index in [4.69, 9.17) is 0 Å². The summed E-state index contributed by atoms with van der Waals surface area (Å²) in [6, 6.07) is 17.9. The second kappa shape index (κ2) is 6.81. The summed E-state index contributed by atoms with van der Waals surface area (Å²) >= 11 is 1.87. The molecule has 1 aliphatic heterocycles. The summed E-state index contributed by atoms with van der Waals surface area (Å²) in [6.07, 6.45) is 2.34. The molecule has 0 bridgehead atoms. The van der Waals surface area contributed by atoms with Crippen LogP contribution in [0, 0.1) is 13.8 Å². The maximum absolute atomic E-state index is 2.42. The Kier molecular flexibility index (Phi) is 4.49. The molecule has 2 aromatic carbocycles. The van der Waals surface area contributed by atoms with Crippen molar-refractivity contribution in [3.63, 3.8) is 0 Å². The summed E-state index contributed by atoms with van der Waals surface area (Å²) in [4.78, 5) is 3.77. The number of fused-ring (bicyclic) bond motifs is 2. The fraction of sp³-hybridized carbons (Fsp3) is 0.261. The predicted molar refractivity (Wildman–Crippen MR) is 113 cm³/mol. The molecule has 26 heavy (non-hydrogen) atoms. The summed E-state index contributed by atoms with van der Waals surface area (Å²) in [5.74, 6) is 0. The topological polar surface area (TPSA) is 7.12 Å². The van der Waals surface area contributed by atoms with Crippen molar-refractivity contribution in [1.82, 2.24) is 0 Å². The van der Waals surface area contributed by atoms with Gasteiger partial charge in [-0.15, -0.1) is 0 Å². The quantitative estimate of drug-likeness (QED) is 0.553. The molecule has 2 nitrogen and oxygen atoms in total. The molecule has 1 aliphatic rings. The van der Waals surface area contributed by atoms with Crippen LogP contribution in [0.15, 0.2) is 58.5 Å². The van der Waals surface area contributed by atoms with Gasteiger partial charge in [-0.3, -0.25) is 0 Å². The number of pyridine rings is 1. The zero-order valence-corrected chi connectivity index (χ0v) is 16.7. The largest absolute Gasteiger partial charge is 0.335 e. The summed E-state index contributed by atoms with van der Waals surface area (Å²) < 4.78 is 2.41. The van der Waals surface area contributed by atoms with Crippen molar-refractivity contribution in [2.75, 3.05) is 11.4 Å². The van der Waals surface area contributed by atoms with E-state index >= 15 is 0 Å². The highest BCUT2D eigenvalue weighted by atomic mass is 32.2. The van der Waals surface area contributed by atoms with Gasteiger partial charge in [0.05, 0.1) is 10.7 Å². The normalized spacial score (nSPS) is 15.1. The number of nitrogens with zero attached hydrogens (tertiary/aromatic N) is 2. The van der Waals surface area contributed by atoms with Gasteiger partial charge in [0.25, 0.3) is 0 Å². The highest BCUT2D eigenvalue weighted by molar-refractivity contribution is 8.03. The summed E-state index contributed by atoms with van der Waals surface area (Å²) in [5.41, 5.74) is 6.51. The van der Waals surface area contributed by atoms with Crippen LogP contribution in [0.1, 0.15) is 30.7 Å². The van der Waals surface area contributed by atoms with Gasteiger partial charge in [-0.1, -0.05) is 29.5 Å². The third kappa shape index (κ3) is 2.90. The molecule has 0 saturated carbocycles. The minimum absolute atomic E-state index is 0.961. The average molecular weight is 362 g/mol. The van der Waals surface area contributed by atoms with Crippen molar-refractivity contribution < 1.29 is 4.57 Å². The summed E-state index contributed by atoms with van der Waals surface area (Å²) in [6.45, 7) is 10.7. The van der Waals surface area contributed by atoms with Gasteiger partial charge in [0, 0.05) is 35.0 Å². The van der Waals surface area contributed by atoms with Crippen LogP contribution in [0.2, 0.25) is 0 Å². The maximum atomic E-state index is 2.42. The van der Waals surface area contributed by atoms with Crippen molar-refractivity contribution in [3.05, 3.63) is 70.4 Å². The number of thioether (sulfide) groups is 1. The van der Waals surface area contributed by atoms with Crippen LogP contribution in [-0.2, 0) is 6.54 Å². The van der Waals surface area contributed by atoms with Crippen LogP contribution in [0.25, 0.3) is 17.0 Å². The van der Waals surface area contributed by atoms with Gasteiger partial charge in [0.2, 0.25) is 11.2 Å². The first-order valence-electron chi connectivity index (χ1n) is 9.31. The second-order valence-electron chi connectivity index (χ2n) is 6.86. The van der Waals surface area contributed by atoms with Crippen LogP contribution in [0.5, 0.6) is 0 Å². The predicted octanol–water partition coefficient (Wildman–Crippen LogP) is 5.69. The lowest BCUT2D eigenvalue weighted by Crippen LogP contribution is -2.37. The molecular formula is C23H25N2S+. The number of aryl methyl sites for hydroxylation is 3. The Labute approximate surface area is 160 Å². The standard InChI is InChI=1S/C23H25N2S/c1-5-24-19(10-9-18-13-16(3)7-11-20(18)24)15-23-25(6-2)21-14-17(4)8-12-22(21)26-23/h7-15H,5-6H2,1-4H3/q+1. The highest BCUT2D eigenvalue weighted by Gasteiger charge is 2.25. The van der Waals surface area contributed by atoms with Crippen LogP contribution < -0.4 is 9.47 Å². The van der Waals surface area contributed by atoms with E-state index in [1.165, 1.54) is 43.3 Å². The van der Waals surface area contributed by atoms with Crippen molar-refractivity contribution >= 4 is 34.4 Å². The van der Waals surface area contributed by atoms with Crippen molar-refractivity contribution in [3.8, 4) is 0 Å². The molecule has 3 aromatic rings.